The molecule has 1 saturated carbocycles. The van der Waals surface area contributed by atoms with Crippen LogP contribution in [-0.2, 0) is 0 Å². The third-order valence-electron chi connectivity index (χ3n) is 1.71. The zero-order chi connectivity index (χ0) is 6.62. The van der Waals surface area contributed by atoms with Crippen LogP contribution >= 0.6 is 0 Å². The van der Waals surface area contributed by atoms with Crippen LogP contribution in [0, 0.1) is 5.41 Å². The molecule has 8 heavy (non-hydrogen) atoms. The summed E-state index contributed by atoms with van der Waals surface area (Å²) in [6, 6.07) is 0. The first-order valence-corrected chi connectivity index (χ1v) is 3.21. The normalized spacial score (nSPS) is 22.2. The third kappa shape index (κ3) is 2.15. The van der Waals surface area contributed by atoms with Gasteiger partial charge in [-0.3, -0.25) is 0 Å². The van der Waals surface area contributed by atoms with E-state index < -0.39 is 0 Å². The van der Waals surface area contributed by atoms with E-state index in [1.165, 1.54) is 19.3 Å². The van der Waals surface area contributed by atoms with Crippen molar-refractivity contribution in [1.82, 2.24) is 0 Å². The highest BCUT2D eigenvalue weighted by Gasteiger charge is 2.24. The highest BCUT2D eigenvalue weighted by atomic mass is 14.3. The molecule has 1 rings (SSSR count). The molecular weight excluding hydrogens is 96.1 g/mol. The molecule has 0 radical (unpaired) electrons. The van der Waals surface area contributed by atoms with Crippen molar-refractivity contribution in [3.05, 3.63) is 13.2 Å². The Balaban J connectivity index is 0.000000222. The van der Waals surface area contributed by atoms with Gasteiger partial charge in [0.1, 0.15) is 0 Å². The van der Waals surface area contributed by atoms with Crippen LogP contribution in [0.5, 0.6) is 0 Å². The average molecular weight is 112 g/mol. The van der Waals surface area contributed by atoms with Gasteiger partial charge in [0.2, 0.25) is 0 Å². The predicted molar refractivity (Wildman–Crippen MR) is 38.9 cm³/mol. The van der Waals surface area contributed by atoms with E-state index in [1.54, 1.807) is 0 Å². The standard InChI is InChI=1S/C6H12.C2H4/c1-6(2)4-3-5-6;1-2/h3-5H2,1-2H3;1-2H2. The summed E-state index contributed by atoms with van der Waals surface area (Å²) in [7, 11) is 0. The van der Waals surface area contributed by atoms with E-state index in [9.17, 15) is 0 Å². The molecule has 0 nitrogen and oxygen atoms in total. The first-order chi connectivity index (χ1) is 3.71. The molecular formula is C8H16. The number of hydrogen-bond acceptors (Lipinski definition) is 0. The summed E-state index contributed by atoms with van der Waals surface area (Å²) < 4.78 is 0. The molecule has 0 aliphatic heterocycles. The van der Waals surface area contributed by atoms with Crippen molar-refractivity contribution >= 4 is 0 Å². The number of hydrogen-bond donors (Lipinski definition) is 0. The lowest BCUT2D eigenvalue weighted by Crippen LogP contribution is -2.20. The van der Waals surface area contributed by atoms with Crippen molar-refractivity contribution in [3.8, 4) is 0 Å². The molecule has 0 heterocycles. The Labute approximate surface area is 52.6 Å². The Morgan fingerprint density at radius 1 is 1.12 bits per heavy atom. The summed E-state index contributed by atoms with van der Waals surface area (Å²) in [6.07, 6.45) is 4.37. The second-order valence-corrected chi connectivity index (χ2v) is 3.02. The maximum Gasteiger partial charge on any atom is -0.0354 e. The van der Waals surface area contributed by atoms with Crippen molar-refractivity contribution in [2.24, 2.45) is 5.41 Å². The molecule has 0 unspecified atom stereocenters. The quantitative estimate of drug-likeness (QED) is 0.422. The molecule has 0 bridgehead atoms. The van der Waals surface area contributed by atoms with Crippen LogP contribution < -0.4 is 0 Å². The lowest BCUT2D eigenvalue weighted by molar-refractivity contribution is 0.190. The Bertz CT molecular complexity index is 56.4. The highest BCUT2D eigenvalue weighted by molar-refractivity contribution is 4.77. The molecule has 0 spiro atoms. The van der Waals surface area contributed by atoms with E-state index in [4.69, 9.17) is 0 Å². The maximum absolute atomic E-state index is 3.00. The highest BCUT2D eigenvalue weighted by Crippen LogP contribution is 2.38. The van der Waals surface area contributed by atoms with Gasteiger partial charge in [0.05, 0.1) is 0 Å². The van der Waals surface area contributed by atoms with Gasteiger partial charge in [0, 0.05) is 0 Å². The van der Waals surface area contributed by atoms with Crippen molar-refractivity contribution in [1.29, 1.82) is 0 Å². The largest absolute Gasteiger partial charge is 0.106 e. The predicted octanol–water partition coefficient (Wildman–Crippen LogP) is 3.00. The first-order valence-electron chi connectivity index (χ1n) is 3.21. The van der Waals surface area contributed by atoms with Gasteiger partial charge >= 0.3 is 0 Å². The second-order valence-electron chi connectivity index (χ2n) is 3.02. The Kier molecular flexibility index (Phi) is 2.81. The molecule has 48 valence electrons. The van der Waals surface area contributed by atoms with Gasteiger partial charge in [-0.15, -0.1) is 13.2 Å². The smallest absolute Gasteiger partial charge is 0.0354 e. The number of rotatable bonds is 0. The van der Waals surface area contributed by atoms with Crippen LogP contribution in [0.4, 0.5) is 0 Å². The van der Waals surface area contributed by atoms with E-state index in [-0.39, 0.29) is 0 Å². The monoisotopic (exact) mass is 112 g/mol. The molecule has 1 fully saturated rings. The molecule has 0 aromatic rings. The minimum Gasteiger partial charge on any atom is -0.106 e. The van der Waals surface area contributed by atoms with Gasteiger partial charge in [-0.2, -0.15) is 0 Å². The zero-order valence-electron chi connectivity index (χ0n) is 6.04. The summed E-state index contributed by atoms with van der Waals surface area (Å²) in [5, 5.41) is 0. The van der Waals surface area contributed by atoms with Crippen LogP contribution in [0.15, 0.2) is 13.2 Å². The van der Waals surface area contributed by atoms with Gasteiger partial charge in [0.25, 0.3) is 0 Å². The van der Waals surface area contributed by atoms with E-state index in [2.05, 4.69) is 27.0 Å². The molecule has 1 aliphatic carbocycles. The Morgan fingerprint density at radius 3 is 1.38 bits per heavy atom. The van der Waals surface area contributed by atoms with E-state index in [1.807, 2.05) is 0 Å². The first kappa shape index (κ1) is 7.74. The van der Waals surface area contributed by atoms with E-state index in [0.29, 0.717) is 0 Å². The second kappa shape index (κ2) is 2.91. The Hall–Kier alpha value is -0.260. The summed E-state index contributed by atoms with van der Waals surface area (Å²) in [4.78, 5) is 0. The van der Waals surface area contributed by atoms with Gasteiger partial charge < -0.3 is 0 Å². The fourth-order valence-corrected chi connectivity index (χ4v) is 0.884. The Morgan fingerprint density at radius 2 is 1.38 bits per heavy atom. The molecule has 0 atom stereocenters. The van der Waals surface area contributed by atoms with E-state index in [0.717, 1.165) is 5.41 Å². The fourth-order valence-electron chi connectivity index (χ4n) is 0.884. The maximum atomic E-state index is 3.00. The van der Waals surface area contributed by atoms with Crippen LogP contribution in [0.1, 0.15) is 33.1 Å². The van der Waals surface area contributed by atoms with Crippen LogP contribution in [0.2, 0.25) is 0 Å². The lowest BCUT2D eigenvalue weighted by atomic mass is 9.72. The lowest BCUT2D eigenvalue weighted by Gasteiger charge is -2.33. The molecule has 0 heteroatoms. The summed E-state index contributed by atoms with van der Waals surface area (Å²) in [5.41, 5.74) is 0.722. The minimum absolute atomic E-state index is 0.722. The minimum atomic E-state index is 0.722. The molecule has 0 saturated heterocycles. The van der Waals surface area contributed by atoms with Crippen molar-refractivity contribution in [2.75, 3.05) is 0 Å². The molecule has 0 aromatic carbocycles. The van der Waals surface area contributed by atoms with E-state index >= 15 is 0 Å². The summed E-state index contributed by atoms with van der Waals surface area (Å²) >= 11 is 0. The molecule has 0 amide bonds. The fraction of sp³-hybridized carbons (Fsp3) is 0.750. The summed E-state index contributed by atoms with van der Waals surface area (Å²) in [6.45, 7) is 10.7. The topological polar surface area (TPSA) is 0 Å². The van der Waals surface area contributed by atoms with Gasteiger partial charge in [0.15, 0.2) is 0 Å². The molecule has 0 aromatic heterocycles. The van der Waals surface area contributed by atoms with Crippen LogP contribution in [0.3, 0.4) is 0 Å². The van der Waals surface area contributed by atoms with Gasteiger partial charge in [-0.05, 0) is 18.3 Å². The van der Waals surface area contributed by atoms with Crippen LogP contribution in [-0.4, -0.2) is 0 Å². The van der Waals surface area contributed by atoms with Crippen molar-refractivity contribution in [3.63, 3.8) is 0 Å². The zero-order valence-corrected chi connectivity index (χ0v) is 6.04. The summed E-state index contributed by atoms with van der Waals surface area (Å²) in [5.74, 6) is 0. The molecule has 1 aliphatic rings. The SMILES string of the molecule is C=C.CC1(C)CCC1. The average Bonchev–Trinajstić information content (AvgIpc) is 1.69. The van der Waals surface area contributed by atoms with Crippen molar-refractivity contribution in [2.45, 2.75) is 33.1 Å². The van der Waals surface area contributed by atoms with Gasteiger partial charge in [-0.1, -0.05) is 20.3 Å². The third-order valence-corrected chi connectivity index (χ3v) is 1.71. The van der Waals surface area contributed by atoms with Crippen molar-refractivity contribution < 1.29 is 0 Å². The van der Waals surface area contributed by atoms with Crippen LogP contribution in [0.25, 0.3) is 0 Å². The van der Waals surface area contributed by atoms with Gasteiger partial charge in [-0.25, -0.2) is 0 Å². The molecule has 0 N–H and O–H groups in total.